The van der Waals surface area contributed by atoms with E-state index in [-0.39, 0.29) is 24.0 Å². The second kappa shape index (κ2) is 9.49. The van der Waals surface area contributed by atoms with E-state index in [4.69, 9.17) is 0 Å². The van der Waals surface area contributed by atoms with E-state index in [9.17, 15) is 19.7 Å². The summed E-state index contributed by atoms with van der Waals surface area (Å²) in [6.45, 7) is 6.17. The van der Waals surface area contributed by atoms with Crippen LogP contribution >= 0.6 is 0 Å². The van der Waals surface area contributed by atoms with Crippen LogP contribution in [-0.2, 0) is 11.2 Å². The minimum atomic E-state index is -0.461. The van der Waals surface area contributed by atoms with Crippen LogP contribution in [0.1, 0.15) is 28.4 Å². The van der Waals surface area contributed by atoms with Crippen molar-refractivity contribution in [2.24, 2.45) is 0 Å². The lowest BCUT2D eigenvalue weighted by atomic mass is 10.1. The van der Waals surface area contributed by atoms with Gasteiger partial charge in [-0.25, -0.2) is 0 Å². The number of benzene rings is 2. The molecule has 2 aromatic rings. The fraction of sp³-hybridized carbons (Fsp3) is 0.364. The van der Waals surface area contributed by atoms with Gasteiger partial charge in [0.1, 0.15) is 0 Å². The van der Waals surface area contributed by atoms with E-state index in [0.717, 1.165) is 6.42 Å². The number of nitro benzene ring substituents is 1. The van der Waals surface area contributed by atoms with Gasteiger partial charge in [-0.1, -0.05) is 25.1 Å². The zero-order valence-corrected chi connectivity index (χ0v) is 17.3. The topological polar surface area (TPSA) is 95.8 Å². The highest BCUT2D eigenvalue weighted by atomic mass is 16.6. The SMILES string of the molecule is CCc1ccc(C(=O)N2CCN(CC(=O)Nc3cccc([N+](=O)[O-])c3C)CC2)cc1. The van der Waals surface area contributed by atoms with E-state index in [1.54, 1.807) is 24.0 Å². The molecular weight excluding hydrogens is 384 g/mol. The molecule has 0 atom stereocenters. The summed E-state index contributed by atoms with van der Waals surface area (Å²) in [4.78, 5) is 39.4. The van der Waals surface area contributed by atoms with Crippen molar-refractivity contribution in [3.8, 4) is 0 Å². The number of nitrogens with zero attached hydrogens (tertiary/aromatic N) is 3. The molecule has 2 amide bonds. The molecule has 8 heteroatoms. The maximum atomic E-state index is 12.7. The molecule has 0 bridgehead atoms. The highest BCUT2D eigenvalue weighted by Gasteiger charge is 2.24. The van der Waals surface area contributed by atoms with Gasteiger partial charge in [0.25, 0.3) is 11.6 Å². The van der Waals surface area contributed by atoms with Crippen molar-refractivity contribution in [3.05, 3.63) is 69.3 Å². The van der Waals surface area contributed by atoms with Gasteiger partial charge in [0.2, 0.25) is 5.91 Å². The molecule has 0 aromatic heterocycles. The van der Waals surface area contributed by atoms with Crippen LogP contribution < -0.4 is 5.32 Å². The predicted octanol–water partition coefficient (Wildman–Crippen LogP) is 2.86. The van der Waals surface area contributed by atoms with E-state index < -0.39 is 4.92 Å². The normalized spacial score (nSPS) is 14.4. The average molecular weight is 410 g/mol. The molecule has 8 nitrogen and oxygen atoms in total. The van der Waals surface area contributed by atoms with Crippen molar-refractivity contribution in [1.29, 1.82) is 0 Å². The number of amides is 2. The summed E-state index contributed by atoms with van der Waals surface area (Å²) in [6, 6.07) is 12.3. The van der Waals surface area contributed by atoms with Gasteiger partial charge < -0.3 is 10.2 Å². The first-order chi connectivity index (χ1) is 14.4. The van der Waals surface area contributed by atoms with Crippen LogP contribution in [-0.4, -0.2) is 59.3 Å². The van der Waals surface area contributed by atoms with Crippen molar-refractivity contribution >= 4 is 23.2 Å². The molecule has 0 spiro atoms. The third-order valence-electron chi connectivity index (χ3n) is 5.41. The predicted molar refractivity (Wildman–Crippen MR) is 115 cm³/mol. The molecule has 158 valence electrons. The molecule has 1 fully saturated rings. The van der Waals surface area contributed by atoms with E-state index >= 15 is 0 Å². The Morgan fingerprint density at radius 1 is 1.07 bits per heavy atom. The van der Waals surface area contributed by atoms with E-state index in [1.807, 2.05) is 29.2 Å². The molecular formula is C22H26N4O4. The first-order valence-electron chi connectivity index (χ1n) is 10.0. The number of hydrogen-bond donors (Lipinski definition) is 1. The van der Waals surface area contributed by atoms with Crippen molar-refractivity contribution in [2.45, 2.75) is 20.3 Å². The van der Waals surface area contributed by atoms with Crippen LogP contribution in [0.3, 0.4) is 0 Å². The Bertz CT molecular complexity index is 935. The van der Waals surface area contributed by atoms with Crippen LogP contribution in [0.15, 0.2) is 42.5 Å². The van der Waals surface area contributed by atoms with Crippen molar-refractivity contribution in [3.63, 3.8) is 0 Å². The summed E-state index contributed by atoms with van der Waals surface area (Å²) in [6.07, 6.45) is 0.936. The highest BCUT2D eigenvalue weighted by Crippen LogP contribution is 2.25. The van der Waals surface area contributed by atoms with Gasteiger partial charge in [0.05, 0.1) is 22.7 Å². The first kappa shape index (κ1) is 21.4. The summed E-state index contributed by atoms with van der Waals surface area (Å²) >= 11 is 0. The maximum absolute atomic E-state index is 12.7. The second-order valence-corrected chi connectivity index (χ2v) is 7.37. The van der Waals surface area contributed by atoms with E-state index in [1.165, 1.54) is 11.6 Å². The van der Waals surface area contributed by atoms with Crippen LogP contribution in [0, 0.1) is 17.0 Å². The lowest BCUT2D eigenvalue weighted by Crippen LogP contribution is -2.50. The fourth-order valence-electron chi connectivity index (χ4n) is 3.52. The highest BCUT2D eigenvalue weighted by molar-refractivity contribution is 5.95. The molecule has 1 saturated heterocycles. The zero-order valence-electron chi connectivity index (χ0n) is 17.3. The number of carbonyl (C=O) groups is 2. The minimum Gasteiger partial charge on any atom is -0.336 e. The summed E-state index contributed by atoms with van der Waals surface area (Å²) in [5.74, 6) is -0.220. The van der Waals surface area contributed by atoms with Gasteiger partial charge in [0, 0.05) is 37.8 Å². The molecule has 2 aromatic carbocycles. The number of nitrogens with one attached hydrogen (secondary N) is 1. The first-order valence-corrected chi connectivity index (χ1v) is 10.0. The second-order valence-electron chi connectivity index (χ2n) is 7.37. The van der Waals surface area contributed by atoms with Gasteiger partial charge in [-0.05, 0) is 37.1 Å². The molecule has 1 aliphatic rings. The fourth-order valence-corrected chi connectivity index (χ4v) is 3.52. The summed E-state index contributed by atoms with van der Waals surface area (Å²) in [7, 11) is 0. The molecule has 0 unspecified atom stereocenters. The Balaban J connectivity index is 1.52. The molecule has 1 N–H and O–H groups in total. The molecule has 1 heterocycles. The maximum Gasteiger partial charge on any atom is 0.274 e. The van der Waals surface area contributed by atoms with E-state index in [2.05, 4.69) is 12.2 Å². The quantitative estimate of drug-likeness (QED) is 0.584. The molecule has 0 radical (unpaired) electrons. The van der Waals surface area contributed by atoms with Crippen LogP contribution in [0.25, 0.3) is 0 Å². The molecule has 1 aliphatic heterocycles. The Labute approximate surface area is 175 Å². The van der Waals surface area contributed by atoms with Crippen LogP contribution in [0.5, 0.6) is 0 Å². The summed E-state index contributed by atoms with van der Waals surface area (Å²) in [5.41, 5.74) is 2.73. The third kappa shape index (κ3) is 5.01. The van der Waals surface area contributed by atoms with Crippen molar-refractivity contribution < 1.29 is 14.5 Å². The zero-order chi connectivity index (χ0) is 21.7. The monoisotopic (exact) mass is 410 g/mol. The Morgan fingerprint density at radius 3 is 2.33 bits per heavy atom. The van der Waals surface area contributed by atoms with E-state index in [0.29, 0.717) is 43.0 Å². The van der Waals surface area contributed by atoms with Gasteiger partial charge in [0.15, 0.2) is 0 Å². The Morgan fingerprint density at radius 2 is 1.73 bits per heavy atom. The van der Waals surface area contributed by atoms with Gasteiger partial charge in [-0.2, -0.15) is 0 Å². The van der Waals surface area contributed by atoms with Gasteiger partial charge in [-0.3, -0.25) is 24.6 Å². The third-order valence-corrected chi connectivity index (χ3v) is 5.41. The standard InChI is InChI=1S/C22H26N4O4/c1-3-17-7-9-18(10-8-17)22(28)25-13-11-24(12-14-25)15-21(27)23-19-5-4-6-20(16(19)2)26(29)30/h4-10H,3,11-15H2,1-2H3,(H,23,27). The number of rotatable bonds is 6. The molecule has 3 rings (SSSR count). The van der Waals surface area contributed by atoms with Crippen molar-refractivity contribution in [1.82, 2.24) is 9.80 Å². The molecule has 0 saturated carbocycles. The Kier molecular flexibility index (Phi) is 6.79. The summed E-state index contributed by atoms with van der Waals surface area (Å²) in [5, 5.41) is 13.8. The average Bonchev–Trinajstić information content (AvgIpc) is 2.75. The molecule has 0 aliphatic carbocycles. The number of piperazine rings is 1. The van der Waals surface area contributed by atoms with Crippen LogP contribution in [0.2, 0.25) is 0 Å². The smallest absolute Gasteiger partial charge is 0.274 e. The van der Waals surface area contributed by atoms with Gasteiger partial charge in [-0.15, -0.1) is 0 Å². The number of nitro groups is 1. The number of anilines is 1. The molecule has 30 heavy (non-hydrogen) atoms. The number of carbonyl (C=O) groups excluding carboxylic acids is 2. The number of hydrogen-bond acceptors (Lipinski definition) is 5. The van der Waals surface area contributed by atoms with Crippen LogP contribution in [0.4, 0.5) is 11.4 Å². The lowest BCUT2D eigenvalue weighted by molar-refractivity contribution is -0.385. The van der Waals surface area contributed by atoms with Gasteiger partial charge >= 0.3 is 0 Å². The Hall–Kier alpha value is -3.26. The summed E-state index contributed by atoms with van der Waals surface area (Å²) < 4.78 is 0. The lowest BCUT2D eigenvalue weighted by Gasteiger charge is -2.34. The largest absolute Gasteiger partial charge is 0.336 e. The number of aryl methyl sites for hydroxylation is 1. The minimum absolute atomic E-state index is 0.00831. The van der Waals surface area contributed by atoms with Crippen molar-refractivity contribution in [2.75, 3.05) is 38.0 Å².